The zero-order chi connectivity index (χ0) is 32.4. The first-order chi connectivity index (χ1) is 22.3. The minimum atomic E-state index is -0.818. The van der Waals surface area contributed by atoms with Gasteiger partial charge >= 0.3 is 5.97 Å². The van der Waals surface area contributed by atoms with Crippen LogP contribution in [0.2, 0.25) is 0 Å². The van der Waals surface area contributed by atoms with Gasteiger partial charge in [0.15, 0.2) is 16.3 Å². The number of methoxy groups -OCH3 is 2. The highest BCUT2D eigenvalue weighted by Gasteiger charge is 2.35. The molecule has 1 atom stereocenters. The van der Waals surface area contributed by atoms with Crippen molar-refractivity contribution in [2.75, 3.05) is 20.8 Å². The maximum atomic E-state index is 14.1. The highest BCUT2D eigenvalue weighted by Crippen LogP contribution is 2.40. The number of carbonyl (C=O) groups is 1. The fourth-order valence-electron chi connectivity index (χ4n) is 5.59. The lowest BCUT2D eigenvalue weighted by Gasteiger charge is -2.26. The Labute approximate surface area is 278 Å². The van der Waals surface area contributed by atoms with Crippen molar-refractivity contribution in [1.29, 1.82) is 0 Å². The molecule has 6 rings (SSSR count). The van der Waals surface area contributed by atoms with Crippen molar-refractivity contribution in [2.24, 2.45) is 4.99 Å². The number of fused-ring (bicyclic) bond motifs is 2. The molecule has 46 heavy (non-hydrogen) atoms. The Morgan fingerprint density at radius 1 is 1.00 bits per heavy atom. The van der Waals surface area contributed by atoms with Gasteiger partial charge < -0.3 is 18.9 Å². The number of thiazole rings is 1. The SMILES string of the molecule is CCOC(=O)C1=C(C)N=c2s/c(=C\c3cccc(OCc4cccc5ccccc45)c3)c(=O)n2[C@@H]1c1cc(OC)c(OC)cc1Br. The summed E-state index contributed by atoms with van der Waals surface area (Å²) < 4.78 is 25.3. The Hall–Kier alpha value is -4.67. The van der Waals surface area contributed by atoms with Gasteiger partial charge in [-0.25, -0.2) is 9.79 Å². The summed E-state index contributed by atoms with van der Waals surface area (Å²) in [5, 5.41) is 2.31. The first-order valence-electron chi connectivity index (χ1n) is 14.6. The van der Waals surface area contributed by atoms with E-state index in [0.29, 0.717) is 48.9 Å². The summed E-state index contributed by atoms with van der Waals surface area (Å²) in [5.74, 6) is 1.11. The van der Waals surface area contributed by atoms with Gasteiger partial charge in [0, 0.05) is 4.47 Å². The maximum absolute atomic E-state index is 14.1. The van der Waals surface area contributed by atoms with Gasteiger partial charge in [0.2, 0.25) is 0 Å². The Kier molecular flexibility index (Phi) is 9.10. The van der Waals surface area contributed by atoms with Crippen LogP contribution in [0.5, 0.6) is 17.2 Å². The Balaban J connectivity index is 1.41. The number of benzene rings is 4. The average Bonchev–Trinajstić information content (AvgIpc) is 3.36. The lowest BCUT2D eigenvalue weighted by atomic mass is 9.95. The number of allylic oxidation sites excluding steroid dienone is 1. The molecule has 0 saturated carbocycles. The monoisotopic (exact) mass is 698 g/mol. The number of ether oxygens (including phenoxy) is 4. The first kappa shape index (κ1) is 31.3. The van der Waals surface area contributed by atoms with E-state index in [2.05, 4.69) is 45.2 Å². The lowest BCUT2D eigenvalue weighted by Crippen LogP contribution is -2.40. The Morgan fingerprint density at radius 2 is 1.74 bits per heavy atom. The van der Waals surface area contributed by atoms with Crippen LogP contribution in [0.25, 0.3) is 16.8 Å². The Bertz CT molecular complexity index is 2180. The third kappa shape index (κ3) is 5.98. The predicted molar refractivity (Wildman–Crippen MR) is 182 cm³/mol. The number of carbonyl (C=O) groups excluding carboxylic acids is 1. The minimum absolute atomic E-state index is 0.179. The van der Waals surface area contributed by atoms with Crippen LogP contribution in [0.3, 0.4) is 0 Å². The molecule has 0 aliphatic carbocycles. The fourth-order valence-corrected chi connectivity index (χ4v) is 7.18. The summed E-state index contributed by atoms with van der Waals surface area (Å²) in [6, 6.07) is 24.7. The molecular formula is C36H31BrN2O6S. The standard InChI is InChI=1S/C36H31BrN2O6S/c1-5-44-35(41)32-21(2)38-36-39(33(32)27-18-29(42-3)30(43-4)19-28(27)37)34(40)31(46-36)17-22-10-8-14-25(16-22)45-20-24-13-9-12-23-11-6-7-15-26(23)24/h6-19,33H,5,20H2,1-4H3/b31-17-/t33-/m1/s1. The molecule has 0 saturated heterocycles. The molecule has 10 heteroatoms. The summed E-state index contributed by atoms with van der Waals surface area (Å²) in [6.07, 6.45) is 1.82. The molecule has 0 unspecified atom stereocenters. The van der Waals surface area contributed by atoms with Crippen LogP contribution in [0.4, 0.5) is 0 Å². The molecule has 0 amide bonds. The number of hydrogen-bond donors (Lipinski definition) is 0. The van der Waals surface area contributed by atoms with Gasteiger partial charge in [-0.1, -0.05) is 81.9 Å². The third-order valence-corrected chi connectivity index (χ3v) is 9.41. The van der Waals surface area contributed by atoms with E-state index in [0.717, 1.165) is 21.9 Å². The van der Waals surface area contributed by atoms with Crippen molar-refractivity contribution in [3.8, 4) is 17.2 Å². The predicted octanol–water partition coefficient (Wildman–Crippen LogP) is 6.31. The van der Waals surface area contributed by atoms with E-state index < -0.39 is 12.0 Å². The molecular weight excluding hydrogens is 668 g/mol. The summed E-state index contributed by atoms with van der Waals surface area (Å²) in [6.45, 7) is 4.08. The molecule has 1 aliphatic rings. The molecule has 2 heterocycles. The second-order valence-electron chi connectivity index (χ2n) is 10.5. The lowest BCUT2D eigenvalue weighted by molar-refractivity contribution is -0.139. The molecule has 8 nitrogen and oxygen atoms in total. The van der Waals surface area contributed by atoms with Crippen LogP contribution in [-0.4, -0.2) is 31.4 Å². The normalized spacial score (nSPS) is 14.5. The van der Waals surface area contributed by atoms with Gasteiger partial charge in [-0.05, 0) is 71.7 Å². The highest BCUT2D eigenvalue weighted by atomic mass is 79.9. The van der Waals surface area contributed by atoms with E-state index in [9.17, 15) is 9.59 Å². The molecule has 0 bridgehead atoms. The smallest absolute Gasteiger partial charge is 0.338 e. The van der Waals surface area contributed by atoms with Gasteiger partial charge in [0.05, 0.1) is 42.7 Å². The quantitative estimate of drug-likeness (QED) is 0.168. The van der Waals surface area contributed by atoms with Crippen LogP contribution in [-0.2, 0) is 16.1 Å². The summed E-state index contributed by atoms with van der Waals surface area (Å²) in [7, 11) is 3.08. The first-order valence-corrected chi connectivity index (χ1v) is 16.2. The van der Waals surface area contributed by atoms with Crippen molar-refractivity contribution in [3.63, 3.8) is 0 Å². The Morgan fingerprint density at radius 3 is 2.52 bits per heavy atom. The molecule has 5 aromatic rings. The van der Waals surface area contributed by atoms with Crippen LogP contribution < -0.4 is 29.1 Å². The molecule has 0 radical (unpaired) electrons. The molecule has 4 aromatic carbocycles. The topological polar surface area (TPSA) is 88.4 Å². The second kappa shape index (κ2) is 13.4. The number of nitrogens with zero attached hydrogens (tertiary/aromatic N) is 2. The van der Waals surface area contributed by atoms with Crippen LogP contribution in [0, 0.1) is 0 Å². The van der Waals surface area contributed by atoms with E-state index in [4.69, 9.17) is 18.9 Å². The number of aromatic nitrogens is 1. The van der Waals surface area contributed by atoms with Crippen LogP contribution in [0.15, 0.2) is 104 Å². The summed E-state index contributed by atoms with van der Waals surface area (Å²) in [5.41, 5.74) is 2.98. The highest BCUT2D eigenvalue weighted by molar-refractivity contribution is 9.10. The molecule has 1 aromatic heterocycles. The summed E-state index contributed by atoms with van der Waals surface area (Å²) in [4.78, 5) is 32.6. The number of hydrogen-bond acceptors (Lipinski definition) is 8. The number of halogens is 1. The van der Waals surface area contributed by atoms with Gasteiger partial charge in [-0.2, -0.15) is 0 Å². The van der Waals surface area contributed by atoms with E-state index >= 15 is 0 Å². The van der Waals surface area contributed by atoms with Crippen LogP contribution in [0.1, 0.15) is 36.6 Å². The van der Waals surface area contributed by atoms with E-state index in [1.165, 1.54) is 18.4 Å². The molecule has 0 N–H and O–H groups in total. The van der Waals surface area contributed by atoms with Crippen molar-refractivity contribution >= 4 is 50.1 Å². The average molecular weight is 700 g/mol. The molecule has 0 fully saturated rings. The van der Waals surface area contributed by atoms with Crippen molar-refractivity contribution < 1.29 is 23.7 Å². The number of rotatable bonds is 9. The molecule has 0 spiro atoms. The van der Waals surface area contributed by atoms with Gasteiger partial charge in [0.25, 0.3) is 5.56 Å². The third-order valence-electron chi connectivity index (χ3n) is 7.74. The second-order valence-corrected chi connectivity index (χ2v) is 12.4. The zero-order valence-corrected chi connectivity index (χ0v) is 28.1. The van der Waals surface area contributed by atoms with E-state index in [-0.39, 0.29) is 17.7 Å². The largest absolute Gasteiger partial charge is 0.493 e. The van der Waals surface area contributed by atoms with Crippen molar-refractivity contribution in [1.82, 2.24) is 4.57 Å². The number of esters is 1. The van der Waals surface area contributed by atoms with Gasteiger partial charge in [-0.3, -0.25) is 9.36 Å². The van der Waals surface area contributed by atoms with E-state index in [1.54, 1.807) is 37.7 Å². The molecule has 234 valence electrons. The van der Waals surface area contributed by atoms with Crippen molar-refractivity contribution in [2.45, 2.75) is 26.5 Å². The van der Waals surface area contributed by atoms with E-state index in [1.807, 2.05) is 48.5 Å². The fraction of sp³-hybridized carbons (Fsp3) is 0.194. The summed E-state index contributed by atoms with van der Waals surface area (Å²) >= 11 is 4.89. The van der Waals surface area contributed by atoms with Gasteiger partial charge in [0.1, 0.15) is 12.4 Å². The van der Waals surface area contributed by atoms with Crippen LogP contribution >= 0.6 is 27.3 Å². The maximum Gasteiger partial charge on any atom is 0.338 e. The zero-order valence-electron chi connectivity index (χ0n) is 25.7. The molecule has 1 aliphatic heterocycles. The minimum Gasteiger partial charge on any atom is -0.493 e. The van der Waals surface area contributed by atoms with Gasteiger partial charge in [-0.15, -0.1) is 0 Å². The van der Waals surface area contributed by atoms with Crippen molar-refractivity contribution in [3.05, 3.63) is 131 Å².